The summed E-state index contributed by atoms with van der Waals surface area (Å²) in [5, 5.41) is -0.675. The lowest BCUT2D eigenvalue weighted by atomic mass is 10.2. The summed E-state index contributed by atoms with van der Waals surface area (Å²) in [6.07, 6.45) is 2.33. The number of carbonyl (C=O) groups excluding carboxylic acids is 3. The third-order valence-corrected chi connectivity index (χ3v) is 7.29. The summed E-state index contributed by atoms with van der Waals surface area (Å²) in [4.78, 5) is 38.9. The van der Waals surface area contributed by atoms with Gasteiger partial charge in [0.1, 0.15) is 6.54 Å². The van der Waals surface area contributed by atoms with Crippen molar-refractivity contribution in [3.63, 3.8) is 0 Å². The zero-order valence-electron chi connectivity index (χ0n) is 15.4. The van der Waals surface area contributed by atoms with Gasteiger partial charge in [-0.1, -0.05) is 30.3 Å². The average Bonchev–Trinajstić information content (AvgIpc) is 3.18. The molecular weight excluding hydrogens is 378 g/mol. The van der Waals surface area contributed by atoms with Crippen LogP contribution < -0.4 is 10.6 Å². The molecule has 146 valence electrons. The molecule has 0 saturated carbocycles. The number of nitrogens with zero attached hydrogens (tertiary/aromatic N) is 2. The van der Waals surface area contributed by atoms with Gasteiger partial charge in [0, 0.05) is 22.6 Å². The average molecular weight is 399 g/mol. The highest BCUT2D eigenvalue weighted by Gasteiger charge is 2.39. The molecule has 0 aromatic heterocycles. The van der Waals surface area contributed by atoms with Crippen LogP contribution in [0.25, 0.3) is 0 Å². The van der Waals surface area contributed by atoms with E-state index in [0.717, 1.165) is 15.4 Å². The molecule has 7 nitrogen and oxygen atoms in total. The van der Waals surface area contributed by atoms with Gasteiger partial charge >= 0.3 is 17.3 Å². The van der Waals surface area contributed by atoms with Crippen LogP contribution in [0, 0.1) is 6.92 Å². The van der Waals surface area contributed by atoms with E-state index < -0.39 is 34.1 Å². The Morgan fingerprint density at radius 1 is 1.14 bits per heavy atom. The van der Waals surface area contributed by atoms with E-state index in [9.17, 15) is 14.4 Å². The molecule has 2 amide bonds. The molecule has 0 saturated heterocycles. The molecule has 2 N–H and O–H groups in total. The second-order valence-electron chi connectivity index (χ2n) is 6.28. The standard InChI is InChI=1S/C20H21N3O4S/c1-15-7-5-8-16(13-15)23(19(21)25)14-18(24)27-20(26)28(12-6-11-22-28)17-9-3-2-4-10-17/h2-5,7-11,13H,6,12,14H2,1H3,(H2,21,25). The minimum absolute atomic E-state index is 0.459. The summed E-state index contributed by atoms with van der Waals surface area (Å²) in [5.74, 6) is -0.351. The van der Waals surface area contributed by atoms with Crippen LogP contribution in [0.1, 0.15) is 12.0 Å². The lowest BCUT2D eigenvalue weighted by Gasteiger charge is -2.29. The molecule has 2 aromatic carbocycles. The van der Waals surface area contributed by atoms with Crippen LogP contribution in [0.15, 0.2) is 63.9 Å². The lowest BCUT2D eigenvalue weighted by Crippen LogP contribution is -2.40. The smallest absolute Gasteiger partial charge is 0.380 e. The number of hydrogen-bond donors (Lipinski definition) is 1. The van der Waals surface area contributed by atoms with Gasteiger partial charge in [-0.2, -0.15) is 0 Å². The summed E-state index contributed by atoms with van der Waals surface area (Å²) in [6.45, 7) is 1.40. The number of primary amides is 1. The van der Waals surface area contributed by atoms with Crippen molar-refractivity contribution < 1.29 is 19.1 Å². The second kappa shape index (κ2) is 8.26. The number of rotatable bonds is 4. The number of aryl methyl sites for hydroxylation is 1. The van der Waals surface area contributed by atoms with Crippen molar-refractivity contribution in [2.45, 2.75) is 18.2 Å². The first-order chi connectivity index (χ1) is 13.4. The van der Waals surface area contributed by atoms with Crippen molar-refractivity contribution in [3.05, 3.63) is 60.2 Å². The van der Waals surface area contributed by atoms with Gasteiger partial charge in [0.15, 0.2) is 0 Å². The highest BCUT2D eigenvalue weighted by molar-refractivity contribution is 8.44. The predicted octanol–water partition coefficient (Wildman–Crippen LogP) is 3.80. The molecule has 28 heavy (non-hydrogen) atoms. The van der Waals surface area contributed by atoms with E-state index in [1.165, 1.54) is 0 Å². The fraction of sp³-hybridized carbons (Fsp3) is 0.200. The summed E-state index contributed by atoms with van der Waals surface area (Å²) in [7, 11) is -2.29. The third-order valence-electron chi connectivity index (χ3n) is 4.27. The number of nitrogens with two attached hydrogens (primary N) is 1. The third kappa shape index (κ3) is 4.07. The highest BCUT2D eigenvalue weighted by Crippen LogP contribution is 2.61. The van der Waals surface area contributed by atoms with Crippen LogP contribution in [0.2, 0.25) is 0 Å². The molecule has 0 fully saturated rings. The maximum Gasteiger partial charge on any atom is 0.380 e. The van der Waals surface area contributed by atoms with Crippen LogP contribution in [-0.4, -0.2) is 35.8 Å². The van der Waals surface area contributed by atoms with Gasteiger partial charge in [0.05, 0.1) is 0 Å². The number of benzene rings is 2. The van der Waals surface area contributed by atoms with Crippen molar-refractivity contribution in [2.24, 2.45) is 10.1 Å². The number of esters is 1. The van der Waals surface area contributed by atoms with Crippen LogP contribution >= 0.6 is 10.2 Å². The van der Waals surface area contributed by atoms with Gasteiger partial charge in [0.25, 0.3) is 0 Å². The zero-order valence-corrected chi connectivity index (χ0v) is 16.2. The molecule has 1 atom stereocenters. The van der Waals surface area contributed by atoms with Crippen molar-refractivity contribution in [1.29, 1.82) is 0 Å². The van der Waals surface area contributed by atoms with Gasteiger partial charge in [-0.15, -0.1) is 0 Å². The van der Waals surface area contributed by atoms with E-state index in [1.54, 1.807) is 24.4 Å². The van der Waals surface area contributed by atoms with E-state index in [-0.39, 0.29) is 0 Å². The van der Waals surface area contributed by atoms with E-state index >= 15 is 0 Å². The number of anilines is 1. The second-order valence-corrected chi connectivity index (χ2v) is 9.11. The largest absolute Gasteiger partial charge is 0.383 e. The molecule has 0 spiro atoms. The Bertz CT molecular complexity index is 932. The van der Waals surface area contributed by atoms with Crippen molar-refractivity contribution in [2.75, 3.05) is 17.2 Å². The fourth-order valence-corrected chi connectivity index (χ4v) is 5.47. The molecule has 1 unspecified atom stereocenters. The van der Waals surface area contributed by atoms with Gasteiger partial charge in [0.2, 0.25) is 0 Å². The molecule has 1 aliphatic heterocycles. The molecule has 8 heteroatoms. The molecule has 1 aliphatic rings. The van der Waals surface area contributed by atoms with Gasteiger partial charge in [-0.05, 0) is 53.4 Å². The van der Waals surface area contributed by atoms with Gasteiger partial charge in [-0.25, -0.2) is 18.8 Å². The first kappa shape index (κ1) is 19.6. The van der Waals surface area contributed by atoms with Crippen molar-refractivity contribution in [3.8, 4) is 0 Å². The van der Waals surface area contributed by atoms with Crippen molar-refractivity contribution in [1.82, 2.24) is 0 Å². The summed E-state index contributed by atoms with van der Waals surface area (Å²) >= 11 is 0. The monoisotopic (exact) mass is 399 g/mol. The SMILES string of the molecule is Cc1cccc(N(CC(=O)OC(=O)S2(c3ccccc3)CCC=N2)C(N)=O)c1. The maximum absolute atomic E-state index is 12.9. The molecule has 3 rings (SSSR count). The zero-order chi connectivity index (χ0) is 20.1. The number of hydrogen-bond acceptors (Lipinski definition) is 5. The predicted molar refractivity (Wildman–Crippen MR) is 110 cm³/mol. The Morgan fingerprint density at radius 2 is 1.89 bits per heavy atom. The number of ether oxygens (including phenoxy) is 1. The first-order valence-electron chi connectivity index (χ1n) is 8.70. The summed E-state index contributed by atoms with van der Waals surface area (Å²) in [5.41, 5.74) is 6.78. The van der Waals surface area contributed by atoms with Gasteiger partial charge in [-0.3, -0.25) is 4.90 Å². The molecule has 0 aliphatic carbocycles. The Balaban J connectivity index is 1.77. The quantitative estimate of drug-likeness (QED) is 0.624. The van der Waals surface area contributed by atoms with Crippen LogP contribution in [0.3, 0.4) is 0 Å². The fourth-order valence-electron chi connectivity index (χ4n) is 2.92. The Kier molecular flexibility index (Phi) is 5.79. The minimum Gasteiger partial charge on any atom is -0.383 e. The molecule has 0 bridgehead atoms. The van der Waals surface area contributed by atoms with Crippen LogP contribution in [0.5, 0.6) is 0 Å². The number of carbonyl (C=O) groups is 3. The Hall–Kier alpha value is -3.13. The Morgan fingerprint density at radius 3 is 2.50 bits per heavy atom. The molecular formula is C20H21N3O4S. The minimum atomic E-state index is -2.29. The van der Waals surface area contributed by atoms with E-state index in [1.807, 2.05) is 43.3 Å². The van der Waals surface area contributed by atoms with Gasteiger partial charge < -0.3 is 10.5 Å². The van der Waals surface area contributed by atoms with Crippen molar-refractivity contribution >= 4 is 39.4 Å². The lowest BCUT2D eigenvalue weighted by molar-refractivity contribution is -0.134. The molecule has 0 radical (unpaired) electrons. The summed E-state index contributed by atoms with van der Waals surface area (Å²) < 4.78 is 9.52. The topological polar surface area (TPSA) is 102 Å². The Labute approximate surface area is 164 Å². The van der Waals surface area contributed by atoms with E-state index in [0.29, 0.717) is 17.9 Å². The number of amides is 2. The van der Waals surface area contributed by atoms with Crippen LogP contribution in [-0.2, 0) is 9.53 Å². The van der Waals surface area contributed by atoms with E-state index in [4.69, 9.17) is 10.5 Å². The van der Waals surface area contributed by atoms with Crippen LogP contribution in [0.4, 0.5) is 15.3 Å². The maximum atomic E-state index is 12.9. The first-order valence-corrected chi connectivity index (χ1v) is 10.5. The normalized spacial score (nSPS) is 20.2. The van der Waals surface area contributed by atoms with E-state index in [2.05, 4.69) is 4.40 Å². The molecule has 2 aromatic rings. The molecule has 1 heterocycles. The number of urea groups is 1. The summed E-state index contributed by atoms with van der Waals surface area (Å²) in [6, 6.07) is 15.3. The highest BCUT2D eigenvalue weighted by atomic mass is 32.3.